The van der Waals surface area contributed by atoms with E-state index < -0.39 is 9.05 Å². The van der Waals surface area contributed by atoms with Crippen LogP contribution in [0.25, 0.3) is 0 Å². The van der Waals surface area contributed by atoms with E-state index in [0.29, 0.717) is 13.2 Å². The molecular formula is C10H14ClNO4S. The molecule has 0 amide bonds. The number of nitrogens with zero attached hydrogens (tertiary/aromatic N) is 1. The predicted molar refractivity (Wildman–Crippen MR) is 63.9 cm³/mol. The molecule has 0 spiro atoms. The van der Waals surface area contributed by atoms with Gasteiger partial charge in [0.1, 0.15) is 11.0 Å². The first-order valence-electron chi connectivity index (χ1n) is 5.09. The van der Waals surface area contributed by atoms with E-state index in [-0.39, 0.29) is 16.9 Å². The van der Waals surface area contributed by atoms with E-state index in [1.54, 1.807) is 6.92 Å². The van der Waals surface area contributed by atoms with E-state index in [1.165, 1.54) is 18.3 Å². The molecule has 0 bridgehead atoms. The molecule has 0 aromatic carbocycles. The van der Waals surface area contributed by atoms with Crippen molar-refractivity contribution in [3.05, 3.63) is 18.3 Å². The van der Waals surface area contributed by atoms with Crippen molar-refractivity contribution in [1.29, 1.82) is 0 Å². The summed E-state index contributed by atoms with van der Waals surface area (Å²) in [5.41, 5.74) is 0. The molecule has 1 aromatic rings. The van der Waals surface area contributed by atoms with Crippen LogP contribution in [0.3, 0.4) is 0 Å². The number of hydrogen-bond acceptors (Lipinski definition) is 5. The van der Waals surface area contributed by atoms with Gasteiger partial charge in [-0.1, -0.05) is 0 Å². The van der Waals surface area contributed by atoms with Crippen LogP contribution in [0.2, 0.25) is 0 Å². The molecule has 0 aliphatic heterocycles. The molecule has 1 unspecified atom stereocenters. The zero-order valence-corrected chi connectivity index (χ0v) is 11.2. The highest BCUT2D eigenvalue weighted by atomic mass is 35.7. The second-order valence-corrected chi connectivity index (χ2v) is 5.87. The fourth-order valence-corrected chi connectivity index (χ4v) is 2.06. The molecular weight excluding hydrogens is 266 g/mol. The number of ether oxygens (including phenoxy) is 2. The van der Waals surface area contributed by atoms with Gasteiger partial charge in [-0.15, -0.1) is 0 Å². The third-order valence-electron chi connectivity index (χ3n) is 1.87. The molecule has 0 aliphatic rings. The monoisotopic (exact) mass is 279 g/mol. The molecule has 1 heterocycles. The molecule has 1 atom stereocenters. The number of pyridine rings is 1. The third kappa shape index (κ3) is 4.49. The number of halogens is 1. The first-order chi connectivity index (χ1) is 7.95. The van der Waals surface area contributed by atoms with Crippen molar-refractivity contribution in [1.82, 2.24) is 4.98 Å². The molecule has 7 heteroatoms. The van der Waals surface area contributed by atoms with Crippen LogP contribution in [0.15, 0.2) is 23.2 Å². The zero-order chi connectivity index (χ0) is 12.9. The largest absolute Gasteiger partial charge is 0.471 e. The molecule has 0 aliphatic carbocycles. The first-order valence-corrected chi connectivity index (χ1v) is 7.40. The summed E-state index contributed by atoms with van der Waals surface area (Å²) in [7, 11) is 1.42. The smallest absolute Gasteiger partial charge is 0.266 e. The van der Waals surface area contributed by atoms with Crippen molar-refractivity contribution in [2.75, 3.05) is 13.2 Å². The van der Waals surface area contributed by atoms with Crippen molar-refractivity contribution >= 4 is 19.7 Å². The van der Waals surface area contributed by atoms with Gasteiger partial charge < -0.3 is 9.47 Å². The maximum atomic E-state index is 11.3. The van der Waals surface area contributed by atoms with Crippen molar-refractivity contribution < 1.29 is 17.9 Å². The number of rotatable bonds is 6. The SMILES string of the molecule is CCOCC(C)Oc1ncccc1S(=O)(=O)Cl. The summed E-state index contributed by atoms with van der Waals surface area (Å²) in [5.74, 6) is -0.00490. The van der Waals surface area contributed by atoms with Crippen molar-refractivity contribution in [3.8, 4) is 5.88 Å². The summed E-state index contributed by atoms with van der Waals surface area (Å²) >= 11 is 0. The standard InChI is InChI=1S/C10H14ClNO4S/c1-3-15-7-8(2)16-10-9(17(11,13)14)5-4-6-12-10/h4-6,8H,3,7H2,1-2H3. The van der Waals surface area contributed by atoms with Gasteiger partial charge >= 0.3 is 0 Å². The molecule has 0 fully saturated rings. The summed E-state index contributed by atoms with van der Waals surface area (Å²) in [6.45, 7) is 4.54. The Morgan fingerprint density at radius 1 is 1.53 bits per heavy atom. The Labute approximate surface area is 105 Å². The Hall–Kier alpha value is -0.850. The minimum Gasteiger partial charge on any atom is -0.471 e. The quantitative estimate of drug-likeness (QED) is 0.743. The lowest BCUT2D eigenvalue weighted by atomic mass is 10.4. The fourth-order valence-electron chi connectivity index (χ4n) is 1.16. The van der Waals surface area contributed by atoms with Gasteiger partial charge in [-0.2, -0.15) is 0 Å². The molecule has 0 saturated heterocycles. The fraction of sp³-hybridized carbons (Fsp3) is 0.500. The second kappa shape index (κ2) is 6.18. The van der Waals surface area contributed by atoms with E-state index in [4.69, 9.17) is 20.2 Å². The Morgan fingerprint density at radius 2 is 2.24 bits per heavy atom. The van der Waals surface area contributed by atoms with Crippen molar-refractivity contribution in [2.24, 2.45) is 0 Å². The molecule has 1 aromatic heterocycles. The van der Waals surface area contributed by atoms with Gasteiger partial charge in [-0.25, -0.2) is 13.4 Å². The van der Waals surface area contributed by atoms with Crippen LogP contribution < -0.4 is 4.74 Å². The topological polar surface area (TPSA) is 65.5 Å². The summed E-state index contributed by atoms with van der Waals surface area (Å²) in [6.07, 6.45) is 1.14. The molecule has 1 rings (SSSR count). The van der Waals surface area contributed by atoms with Gasteiger partial charge in [-0.05, 0) is 26.0 Å². The van der Waals surface area contributed by atoms with Crippen LogP contribution >= 0.6 is 10.7 Å². The average molecular weight is 280 g/mol. The highest BCUT2D eigenvalue weighted by Crippen LogP contribution is 2.24. The molecule has 96 valence electrons. The summed E-state index contributed by atoms with van der Waals surface area (Å²) in [4.78, 5) is 3.72. The van der Waals surface area contributed by atoms with E-state index in [1.807, 2.05) is 6.92 Å². The zero-order valence-electron chi connectivity index (χ0n) is 9.59. The lowest BCUT2D eigenvalue weighted by molar-refractivity contribution is 0.0617. The Morgan fingerprint density at radius 3 is 2.82 bits per heavy atom. The van der Waals surface area contributed by atoms with Crippen LogP contribution in [0.4, 0.5) is 0 Å². The number of hydrogen-bond donors (Lipinski definition) is 0. The van der Waals surface area contributed by atoms with E-state index in [9.17, 15) is 8.42 Å². The first kappa shape index (κ1) is 14.2. The lowest BCUT2D eigenvalue weighted by Crippen LogP contribution is -2.20. The van der Waals surface area contributed by atoms with Gasteiger partial charge in [0.2, 0.25) is 5.88 Å². The maximum absolute atomic E-state index is 11.3. The predicted octanol–water partition coefficient (Wildman–Crippen LogP) is 1.81. The Balaban J connectivity index is 2.84. The minimum absolute atomic E-state index is 0.00490. The van der Waals surface area contributed by atoms with Crippen LogP contribution in [0, 0.1) is 0 Å². The highest BCUT2D eigenvalue weighted by molar-refractivity contribution is 8.13. The van der Waals surface area contributed by atoms with Gasteiger partial charge in [0.25, 0.3) is 9.05 Å². The Kier molecular flexibility index (Phi) is 5.17. The lowest BCUT2D eigenvalue weighted by Gasteiger charge is -2.14. The Bertz CT molecular complexity index is 463. The maximum Gasteiger partial charge on any atom is 0.266 e. The molecule has 0 saturated carbocycles. The molecule has 0 N–H and O–H groups in total. The molecule has 0 radical (unpaired) electrons. The van der Waals surface area contributed by atoms with Crippen LogP contribution in [0.5, 0.6) is 5.88 Å². The second-order valence-electron chi connectivity index (χ2n) is 3.33. The minimum atomic E-state index is -3.86. The molecule has 5 nitrogen and oxygen atoms in total. The van der Waals surface area contributed by atoms with Crippen molar-refractivity contribution in [3.63, 3.8) is 0 Å². The van der Waals surface area contributed by atoms with Gasteiger partial charge in [0.15, 0.2) is 0 Å². The van der Waals surface area contributed by atoms with Crippen LogP contribution in [0.1, 0.15) is 13.8 Å². The average Bonchev–Trinajstić information content (AvgIpc) is 2.25. The van der Waals surface area contributed by atoms with Gasteiger partial charge in [0, 0.05) is 23.5 Å². The molecule has 17 heavy (non-hydrogen) atoms. The van der Waals surface area contributed by atoms with Gasteiger partial charge in [0.05, 0.1) is 6.61 Å². The summed E-state index contributed by atoms with van der Waals surface area (Å²) < 4.78 is 33.1. The van der Waals surface area contributed by atoms with Crippen LogP contribution in [-0.2, 0) is 13.8 Å². The summed E-state index contributed by atoms with van der Waals surface area (Å²) in [5, 5.41) is 0. The van der Waals surface area contributed by atoms with Crippen molar-refractivity contribution in [2.45, 2.75) is 24.8 Å². The normalized spacial score (nSPS) is 13.4. The van der Waals surface area contributed by atoms with E-state index >= 15 is 0 Å². The number of aromatic nitrogens is 1. The van der Waals surface area contributed by atoms with E-state index in [0.717, 1.165) is 0 Å². The van der Waals surface area contributed by atoms with E-state index in [2.05, 4.69) is 4.98 Å². The summed E-state index contributed by atoms with van der Waals surface area (Å²) in [6, 6.07) is 2.83. The van der Waals surface area contributed by atoms with Crippen LogP contribution in [-0.4, -0.2) is 32.7 Å². The third-order valence-corrected chi connectivity index (χ3v) is 3.20. The van der Waals surface area contributed by atoms with Gasteiger partial charge in [-0.3, -0.25) is 0 Å². The highest BCUT2D eigenvalue weighted by Gasteiger charge is 2.19.